The first-order valence-electron chi connectivity index (χ1n) is 6.63. The smallest absolute Gasteiger partial charge is 0.125 e. The summed E-state index contributed by atoms with van der Waals surface area (Å²) in [6.45, 7) is 2.03. The Bertz CT molecular complexity index is 908. The molecule has 4 aromatic heterocycles. The van der Waals surface area contributed by atoms with E-state index < -0.39 is 0 Å². The van der Waals surface area contributed by atoms with E-state index in [9.17, 15) is 0 Å². The molecule has 0 aromatic carbocycles. The summed E-state index contributed by atoms with van der Waals surface area (Å²) < 4.78 is 0. The van der Waals surface area contributed by atoms with Gasteiger partial charge in [0.25, 0.3) is 0 Å². The van der Waals surface area contributed by atoms with E-state index >= 15 is 0 Å². The molecule has 0 spiro atoms. The number of aromatic amines is 1. The SMILES string of the molecule is Cc1nc(-c2cccnc2)sc1-c1nccc2[nH]ccc12. The van der Waals surface area contributed by atoms with Crippen LogP contribution in [-0.4, -0.2) is 19.9 Å². The summed E-state index contributed by atoms with van der Waals surface area (Å²) in [4.78, 5) is 17.7. The van der Waals surface area contributed by atoms with Crippen LogP contribution in [0.2, 0.25) is 0 Å². The van der Waals surface area contributed by atoms with Crippen LogP contribution >= 0.6 is 11.3 Å². The van der Waals surface area contributed by atoms with Crippen molar-refractivity contribution in [2.45, 2.75) is 6.92 Å². The normalized spacial score (nSPS) is 11.1. The van der Waals surface area contributed by atoms with Gasteiger partial charge in [-0.1, -0.05) is 0 Å². The number of fused-ring (bicyclic) bond motifs is 1. The van der Waals surface area contributed by atoms with Crippen molar-refractivity contribution in [1.82, 2.24) is 19.9 Å². The Kier molecular flexibility index (Phi) is 2.79. The standard InChI is InChI=1S/C16H12N4S/c1-10-15(14-12-4-7-18-13(12)5-8-19-14)21-16(20-10)11-3-2-6-17-9-11/h2-9,18H,1H3. The molecule has 0 fully saturated rings. The van der Waals surface area contributed by atoms with Crippen molar-refractivity contribution in [3.8, 4) is 21.1 Å². The predicted molar refractivity (Wildman–Crippen MR) is 85.2 cm³/mol. The zero-order valence-corrected chi connectivity index (χ0v) is 12.2. The highest BCUT2D eigenvalue weighted by Crippen LogP contribution is 2.36. The lowest BCUT2D eigenvalue weighted by Crippen LogP contribution is -1.84. The number of nitrogens with one attached hydrogen (secondary N) is 1. The highest BCUT2D eigenvalue weighted by Gasteiger charge is 2.15. The average Bonchev–Trinajstić information content (AvgIpc) is 3.14. The van der Waals surface area contributed by atoms with Crippen LogP contribution in [0.3, 0.4) is 0 Å². The minimum atomic E-state index is 0.977. The van der Waals surface area contributed by atoms with Crippen molar-refractivity contribution in [1.29, 1.82) is 0 Å². The molecule has 0 atom stereocenters. The van der Waals surface area contributed by atoms with Crippen LogP contribution in [0.1, 0.15) is 5.69 Å². The molecular formula is C16H12N4S. The molecule has 4 heterocycles. The third-order valence-electron chi connectivity index (χ3n) is 3.40. The zero-order valence-electron chi connectivity index (χ0n) is 11.4. The van der Waals surface area contributed by atoms with Crippen molar-refractivity contribution < 1.29 is 0 Å². The molecular weight excluding hydrogens is 280 g/mol. The van der Waals surface area contributed by atoms with Crippen LogP contribution < -0.4 is 0 Å². The second kappa shape index (κ2) is 4.79. The van der Waals surface area contributed by atoms with Gasteiger partial charge >= 0.3 is 0 Å². The molecule has 0 amide bonds. The van der Waals surface area contributed by atoms with Gasteiger partial charge in [0.05, 0.1) is 16.3 Å². The molecule has 0 radical (unpaired) electrons. The Morgan fingerprint density at radius 3 is 2.95 bits per heavy atom. The number of thiazole rings is 1. The van der Waals surface area contributed by atoms with Gasteiger partial charge in [-0.05, 0) is 31.2 Å². The van der Waals surface area contributed by atoms with Crippen LogP contribution in [0, 0.1) is 6.92 Å². The molecule has 0 aliphatic rings. The number of H-pyrrole nitrogens is 1. The predicted octanol–water partition coefficient (Wildman–Crippen LogP) is 4.06. The summed E-state index contributed by atoms with van der Waals surface area (Å²) in [5, 5.41) is 2.10. The number of nitrogens with zero attached hydrogens (tertiary/aromatic N) is 3. The average molecular weight is 292 g/mol. The van der Waals surface area contributed by atoms with E-state index in [-0.39, 0.29) is 0 Å². The molecule has 0 bridgehead atoms. The Hall–Kier alpha value is -2.53. The minimum absolute atomic E-state index is 0.977. The van der Waals surface area contributed by atoms with Crippen LogP contribution in [0.5, 0.6) is 0 Å². The summed E-state index contributed by atoms with van der Waals surface area (Å²) in [5.74, 6) is 0. The van der Waals surface area contributed by atoms with Crippen molar-refractivity contribution >= 4 is 22.2 Å². The molecule has 4 nitrogen and oxygen atoms in total. The van der Waals surface area contributed by atoms with Gasteiger partial charge in [0.2, 0.25) is 0 Å². The maximum Gasteiger partial charge on any atom is 0.125 e. The number of aryl methyl sites for hydroxylation is 1. The summed E-state index contributed by atoms with van der Waals surface area (Å²) >= 11 is 1.66. The third-order valence-corrected chi connectivity index (χ3v) is 4.61. The Morgan fingerprint density at radius 1 is 1.14 bits per heavy atom. The van der Waals surface area contributed by atoms with Crippen molar-refractivity contribution in [3.63, 3.8) is 0 Å². The molecule has 0 saturated heterocycles. The van der Waals surface area contributed by atoms with Gasteiger partial charge < -0.3 is 4.98 Å². The van der Waals surface area contributed by atoms with Crippen molar-refractivity contribution in [2.75, 3.05) is 0 Å². The maximum absolute atomic E-state index is 4.68. The molecule has 102 valence electrons. The fourth-order valence-corrected chi connectivity index (χ4v) is 3.46. The lowest BCUT2D eigenvalue weighted by atomic mass is 10.2. The highest BCUT2D eigenvalue weighted by molar-refractivity contribution is 7.18. The fraction of sp³-hybridized carbons (Fsp3) is 0.0625. The second-order valence-electron chi connectivity index (χ2n) is 4.77. The number of aromatic nitrogens is 4. The van der Waals surface area contributed by atoms with Gasteiger partial charge in [0.15, 0.2) is 0 Å². The number of pyridine rings is 2. The van der Waals surface area contributed by atoms with Gasteiger partial charge in [-0.25, -0.2) is 4.98 Å². The van der Waals surface area contributed by atoms with Crippen LogP contribution in [0.25, 0.3) is 32.0 Å². The van der Waals surface area contributed by atoms with Gasteiger partial charge in [0.1, 0.15) is 5.01 Å². The number of rotatable bonds is 2. The molecule has 4 aromatic rings. The fourth-order valence-electron chi connectivity index (χ4n) is 2.39. The van der Waals surface area contributed by atoms with E-state index in [1.165, 1.54) is 0 Å². The largest absolute Gasteiger partial charge is 0.361 e. The molecule has 1 N–H and O–H groups in total. The number of hydrogen-bond donors (Lipinski definition) is 1. The molecule has 21 heavy (non-hydrogen) atoms. The molecule has 4 rings (SSSR count). The molecule has 0 unspecified atom stereocenters. The lowest BCUT2D eigenvalue weighted by Gasteiger charge is -1.99. The maximum atomic E-state index is 4.68. The Balaban J connectivity index is 1.90. The summed E-state index contributed by atoms with van der Waals surface area (Å²) in [6.07, 6.45) is 7.38. The van der Waals surface area contributed by atoms with Gasteiger partial charge in [-0.15, -0.1) is 11.3 Å². The minimum Gasteiger partial charge on any atom is -0.361 e. The van der Waals surface area contributed by atoms with Crippen LogP contribution in [-0.2, 0) is 0 Å². The summed E-state index contributed by atoms with van der Waals surface area (Å²) in [5.41, 5.74) is 4.12. The summed E-state index contributed by atoms with van der Waals surface area (Å²) in [6, 6.07) is 7.99. The monoisotopic (exact) mass is 292 g/mol. The van der Waals surface area contributed by atoms with Gasteiger partial charge in [-0.3, -0.25) is 9.97 Å². The quantitative estimate of drug-likeness (QED) is 0.606. The molecule has 5 heteroatoms. The molecule has 0 aliphatic carbocycles. The van der Waals surface area contributed by atoms with Gasteiger partial charge in [-0.2, -0.15) is 0 Å². The van der Waals surface area contributed by atoms with E-state index in [2.05, 4.69) is 26.0 Å². The van der Waals surface area contributed by atoms with E-state index in [0.717, 1.165) is 37.7 Å². The summed E-state index contributed by atoms with van der Waals surface area (Å²) in [7, 11) is 0. The topological polar surface area (TPSA) is 54.5 Å². The first kappa shape index (κ1) is 12.2. The van der Waals surface area contributed by atoms with E-state index in [4.69, 9.17) is 0 Å². The molecule has 0 saturated carbocycles. The lowest BCUT2D eigenvalue weighted by molar-refractivity contribution is 1.24. The van der Waals surface area contributed by atoms with E-state index in [0.29, 0.717) is 0 Å². The first-order chi connectivity index (χ1) is 10.3. The van der Waals surface area contributed by atoms with E-state index in [1.807, 2.05) is 43.7 Å². The second-order valence-corrected chi connectivity index (χ2v) is 5.77. The Morgan fingerprint density at radius 2 is 2.10 bits per heavy atom. The van der Waals surface area contributed by atoms with Gasteiger partial charge in [0, 0.05) is 41.3 Å². The first-order valence-corrected chi connectivity index (χ1v) is 7.45. The van der Waals surface area contributed by atoms with Crippen LogP contribution in [0.15, 0.2) is 49.1 Å². The van der Waals surface area contributed by atoms with Crippen molar-refractivity contribution in [2.24, 2.45) is 0 Å². The third kappa shape index (κ3) is 2.02. The number of hydrogen-bond acceptors (Lipinski definition) is 4. The van der Waals surface area contributed by atoms with Crippen molar-refractivity contribution in [3.05, 3.63) is 54.7 Å². The molecule has 0 aliphatic heterocycles. The highest BCUT2D eigenvalue weighted by atomic mass is 32.1. The van der Waals surface area contributed by atoms with Crippen LogP contribution in [0.4, 0.5) is 0 Å². The Labute approximate surface area is 125 Å². The van der Waals surface area contributed by atoms with E-state index in [1.54, 1.807) is 17.5 Å². The zero-order chi connectivity index (χ0) is 14.2.